The minimum absolute atomic E-state index is 0.130. The minimum atomic E-state index is -0.945. The third-order valence-electron chi connectivity index (χ3n) is 4.77. The van der Waals surface area contributed by atoms with E-state index in [9.17, 15) is 24.4 Å². The number of ether oxygens (including phenoxy) is 1. The monoisotopic (exact) mass is 369 g/mol. The number of hydrogen-bond acceptors (Lipinski definition) is 6. The third-order valence-corrected chi connectivity index (χ3v) is 4.77. The molecule has 2 aliphatic rings. The maximum Gasteiger partial charge on any atom is 0.338 e. The highest BCUT2D eigenvalue weighted by molar-refractivity contribution is 6.19. The van der Waals surface area contributed by atoms with Gasteiger partial charge in [-0.1, -0.05) is 0 Å². The average molecular weight is 369 g/mol. The van der Waals surface area contributed by atoms with E-state index < -0.39 is 24.0 Å². The number of hydrogen-bond donors (Lipinski definition) is 1. The number of imide groups is 1. The fraction of sp³-hybridized carbons (Fsp3) is 0.421. The minimum Gasteiger partial charge on any atom is -0.452 e. The van der Waals surface area contributed by atoms with Gasteiger partial charge in [-0.05, 0) is 49.9 Å². The summed E-state index contributed by atoms with van der Waals surface area (Å²) in [6, 6.07) is 7.92. The lowest BCUT2D eigenvalue weighted by Crippen LogP contribution is -2.48. The molecule has 27 heavy (non-hydrogen) atoms. The quantitative estimate of drug-likeness (QED) is 0.597. The molecule has 0 bridgehead atoms. The molecule has 1 aromatic carbocycles. The first-order chi connectivity index (χ1) is 12.8. The van der Waals surface area contributed by atoms with Gasteiger partial charge in [0.15, 0.2) is 6.61 Å². The summed E-state index contributed by atoms with van der Waals surface area (Å²) in [6.07, 6.45) is 2.14. The van der Waals surface area contributed by atoms with Crippen molar-refractivity contribution in [3.63, 3.8) is 0 Å². The molecule has 1 atom stereocenters. The van der Waals surface area contributed by atoms with Crippen molar-refractivity contribution in [2.45, 2.75) is 38.1 Å². The van der Waals surface area contributed by atoms with Gasteiger partial charge in [-0.15, -0.1) is 0 Å². The van der Waals surface area contributed by atoms with E-state index in [1.807, 2.05) is 0 Å². The van der Waals surface area contributed by atoms with E-state index in [0.717, 1.165) is 17.7 Å². The zero-order valence-electron chi connectivity index (χ0n) is 14.9. The molecular weight excluding hydrogens is 350 g/mol. The number of amides is 3. The van der Waals surface area contributed by atoms with Gasteiger partial charge in [-0.25, -0.2) is 4.79 Å². The Morgan fingerprint density at radius 2 is 1.81 bits per heavy atom. The van der Waals surface area contributed by atoms with Crippen molar-refractivity contribution in [1.29, 1.82) is 5.26 Å². The molecule has 1 heterocycles. The molecule has 8 nitrogen and oxygen atoms in total. The zero-order chi connectivity index (χ0) is 19.6. The molecule has 1 saturated carbocycles. The SMILES string of the molecule is C[C@@](C#N)(NC(=O)COC(=O)c1ccc(N2C(=O)CCC2=O)cc1)C1CC1. The Hall–Kier alpha value is -3.21. The lowest BCUT2D eigenvalue weighted by molar-refractivity contribution is -0.125. The van der Waals surface area contributed by atoms with Crippen molar-refractivity contribution < 1.29 is 23.9 Å². The largest absolute Gasteiger partial charge is 0.452 e. The van der Waals surface area contributed by atoms with Gasteiger partial charge in [0.2, 0.25) is 11.8 Å². The Kier molecular flexibility index (Phi) is 4.95. The molecule has 0 radical (unpaired) electrons. The Labute approximate surface area is 156 Å². The molecule has 140 valence electrons. The summed E-state index contributed by atoms with van der Waals surface area (Å²) in [5.41, 5.74) is -0.359. The predicted octanol–water partition coefficient (Wildman–Crippen LogP) is 1.31. The molecule has 0 aromatic heterocycles. The van der Waals surface area contributed by atoms with Crippen molar-refractivity contribution in [2.24, 2.45) is 5.92 Å². The van der Waals surface area contributed by atoms with Gasteiger partial charge in [0.05, 0.1) is 17.3 Å². The van der Waals surface area contributed by atoms with E-state index >= 15 is 0 Å². The number of nitrogens with zero attached hydrogens (tertiary/aromatic N) is 2. The van der Waals surface area contributed by atoms with Crippen molar-refractivity contribution in [1.82, 2.24) is 5.32 Å². The third kappa shape index (κ3) is 3.97. The fourth-order valence-electron chi connectivity index (χ4n) is 3.03. The van der Waals surface area contributed by atoms with Gasteiger partial charge >= 0.3 is 5.97 Å². The number of carbonyl (C=O) groups excluding carboxylic acids is 4. The van der Waals surface area contributed by atoms with Crippen molar-refractivity contribution >= 4 is 29.4 Å². The molecule has 3 rings (SSSR count). The van der Waals surface area contributed by atoms with Crippen LogP contribution in [0.25, 0.3) is 0 Å². The fourth-order valence-corrected chi connectivity index (χ4v) is 3.03. The van der Waals surface area contributed by atoms with Crippen molar-refractivity contribution in [3.8, 4) is 6.07 Å². The number of nitrogens with one attached hydrogen (secondary N) is 1. The van der Waals surface area contributed by atoms with Crippen LogP contribution in [0.3, 0.4) is 0 Å². The first kappa shape index (κ1) is 18.6. The lowest BCUT2D eigenvalue weighted by Gasteiger charge is -2.22. The summed E-state index contributed by atoms with van der Waals surface area (Å²) in [5, 5.41) is 11.8. The summed E-state index contributed by atoms with van der Waals surface area (Å²) >= 11 is 0. The van der Waals surface area contributed by atoms with Crippen LogP contribution in [-0.4, -0.2) is 35.8 Å². The maximum atomic E-state index is 12.1. The van der Waals surface area contributed by atoms with E-state index in [4.69, 9.17) is 4.74 Å². The van der Waals surface area contributed by atoms with Crippen LogP contribution < -0.4 is 10.2 Å². The normalized spacial score (nSPS) is 18.6. The topological polar surface area (TPSA) is 117 Å². The van der Waals surface area contributed by atoms with E-state index in [1.165, 1.54) is 24.3 Å². The van der Waals surface area contributed by atoms with Gasteiger partial charge in [-0.2, -0.15) is 5.26 Å². The summed E-state index contributed by atoms with van der Waals surface area (Å²) in [4.78, 5) is 48.6. The molecule has 1 aromatic rings. The van der Waals surface area contributed by atoms with E-state index in [0.29, 0.717) is 5.69 Å². The maximum absolute atomic E-state index is 12.1. The van der Waals surface area contributed by atoms with Crippen LogP contribution in [0, 0.1) is 17.2 Å². The van der Waals surface area contributed by atoms with Crippen LogP contribution in [0.5, 0.6) is 0 Å². The second kappa shape index (κ2) is 7.19. The predicted molar refractivity (Wildman–Crippen MR) is 93.3 cm³/mol. The summed E-state index contributed by atoms with van der Waals surface area (Å²) < 4.78 is 4.98. The zero-order valence-corrected chi connectivity index (χ0v) is 14.9. The molecule has 1 aliphatic heterocycles. The number of benzene rings is 1. The number of rotatable bonds is 6. The molecule has 0 spiro atoms. The van der Waals surface area contributed by atoms with E-state index in [-0.39, 0.29) is 36.1 Å². The number of nitriles is 1. The molecule has 3 amide bonds. The molecule has 1 saturated heterocycles. The molecule has 0 unspecified atom stereocenters. The Bertz CT molecular complexity index is 822. The standard InChI is InChI=1S/C19H19N3O5/c1-19(11-20,13-4-5-13)21-15(23)10-27-18(26)12-2-6-14(7-3-12)22-16(24)8-9-17(22)25/h2-3,6-7,13H,4-5,8-10H2,1H3,(H,21,23)/t19-/m0/s1. The van der Waals surface area contributed by atoms with Gasteiger partial charge in [0.1, 0.15) is 5.54 Å². The highest BCUT2D eigenvalue weighted by Crippen LogP contribution is 2.39. The smallest absolute Gasteiger partial charge is 0.338 e. The first-order valence-electron chi connectivity index (χ1n) is 8.69. The Morgan fingerprint density at radius 3 is 2.33 bits per heavy atom. The Balaban J connectivity index is 1.55. The van der Waals surface area contributed by atoms with Gasteiger partial charge < -0.3 is 10.1 Å². The van der Waals surface area contributed by atoms with Crippen LogP contribution in [-0.2, 0) is 19.1 Å². The second-order valence-electron chi connectivity index (χ2n) is 6.88. The van der Waals surface area contributed by atoms with Crippen LogP contribution in [0.4, 0.5) is 5.69 Å². The average Bonchev–Trinajstić information content (AvgIpc) is 3.46. The highest BCUT2D eigenvalue weighted by atomic mass is 16.5. The number of carbonyl (C=O) groups is 4. The van der Waals surface area contributed by atoms with Gasteiger partial charge in [0.25, 0.3) is 5.91 Å². The molecule has 1 N–H and O–H groups in total. The molecule has 2 fully saturated rings. The number of anilines is 1. The highest BCUT2D eigenvalue weighted by Gasteiger charge is 2.43. The van der Waals surface area contributed by atoms with E-state index in [2.05, 4.69) is 11.4 Å². The molecular formula is C19H19N3O5. The van der Waals surface area contributed by atoms with Crippen LogP contribution in [0.1, 0.15) is 43.0 Å². The van der Waals surface area contributed by atoms with E-state index in [1.54, 1.807) is 6.92 Å². The second-order valence-corrected chi connectivity index (χ2v) is 6.88. The first-order valence-corrected chi connectivity index (χ1v) is 8.69. The van der Waals surface area contributed by atoms with Gasteiger partial charge in [0, 0.05) is 12.8 Å². The number of esters is 1. The van der Waals surface area contributed by atoms with Crippen molar-refractivity contribution in [3.05, 3.63) is 29.8 Å². The van der Waals surface area contributed by atoms with Crippen molar-refractivity contribution in [2.75, 3.05) is 11.5 Å². The summed E-state index contributed by atoms with van der Waals surface area (Å²) in [5.74, 6) is -1.66. The van der Waals surface area contributed by atoms with Crippen LogP contribution >= 0.6 is 0 Å². The summed E-state index contributed by atoms with van der Waals surface area (Å²) in [6.45, 7) is 1.16. The molecule has 8 heteroatoms. The Morgan fingerprint density at radius 1 is 1.22 bits per heavy atom. The summed E-state index contributed by atoms with van der Waals surface area (Å²) in [7, 11) is 0. The van der Waals surface area contributed by atoms with Gasteiger partial charge in [-0.3, -0.25) is 19.3 Å². The van der Waals surface area contributed by atoms with Crippen LogP contribution in [0.2, 0.25) is 0 Å². The van der Waals surface area contributed by atoms with Crippen LogP contribution in [0.15, 0.2) is 24.3 Å². The lowest BCUT2D eigenvalue weighted by atomic mass is 9.98. The molecule has 1 aliphatic carbocycles.